The Morgan fingerprint density at radius 2 is 1.45 bits per heavy atom. The van der Waals surface area contributed by atoms with Gasteiger partial charge < -0.3 is 28.2 Å². The smallest absolute Gasteiger partial charge is 0.308 e. The van der Waals surface area contributed by atoms with E-state index in [0.29, 0.717) is 30.8 Å². The Labute approximate surface area is 232 Å². The van der Waals surface area contributed by atoms with Gasteiger partial charge in [-0.1, -0.05) is 30.3 Å². The molecule has 0 amide bonds. The highest BCUT2D eigenvalue weighted by molar-refractivity contribution is 9.10. The Balaban J connectivity index is 2.00. The monoisotopic (exact) mass is 598 g/mol. The molecule has 0 N–H and O–H groups in total. The summed E-state index contributed by atoms with van der Waals surface area (Å²) in [7, 11) is 4.53. The second kappa shape index (κ2) is 12.0. The fourth-order valence-electron chi connectivity index (χ4n) is 4.11. The summed E-state index contributed by atoms with van der Waals surface area (Å²) in [6.45, 7) is 3.20. The quantitative estimate of drug-likeness (QED) is 0.118. The van der Waals surface area contributed by atoms with Crippen LogP contribution in [0.2, 0.25) is 0 Å². The number of carbonyl (C=O) groups excluding carboxylic acids is 1. The minimum atomic E-state index is -1.63. The van der Waals surface area contributed by atoms with Crippen LogP contribution in [-0.4, -0.2) is 31.9 Å². The standard InChI is InChI=1S/C29H27BrO7S/c1-17(19-13-15-20(33-3)16-14-19)36-27-25-21(26(37-18(2)31)28(34-4)29(27)35-5)9-8-12-24(25)38(32)23-11-7-6-10-22(23)30/h6-17H,1-5H3. The van der Waals surface area contributed by atoms with Gasteiger partial charge in [-0.2, -0.15) is 0 Å². The van der Waals surface area contributed by atoms with E-state index in [0.717, 1.165) is 11.3 Å². The highest BCUT2D eigenvalue weighted by atomic mass is 79.9. The van der Waals surface area contributed by atoms with E-state index in [9.17, 15) is 9.35 Å². The highest BCUT2D eigenvalue weighted by Gasteiger charge is 2.32. The SMILES string of the molecule is COc1ccc(C(C)Oc2c(OC)c(OC)c(OC(C)=O)c3cccc([S+]([O-])c4ccccc4Br)c23)cc1. The molecular weight excluding hydrogens is 572 g/mol. The summed E-state index contributed by atoms with van der Waals surface area (Å²) in [5.41, 5.74) is 0.883. The molecule has 0 saturated carbocycles. The second-order valence-corrected chi connectivity index (χ2v) is 10.5. The topological polar surface area (TPSA) is 86.3 Å². The van der Waals surface area contributed by atoms with Crippen LogP contribution in [0.5, 0.6) is 28.7 Å². The molecule has 0 aromatic heterocycles. The average Bonchev–Trinajstić information content (AvgIpc) is 2.93. The van der Waals surface area contributed by atoms with Crippen molar-refractivity contribution < 1.29 is 33.0 Å². The summed E-state index contributed by atoms with van der Waals surface area (Å²) in [4.78, 5) is 13.1. The van der Waals surface area contributed by atoms with E-state index in [2.05, 4.69) is 15.9 Å². The van der Waals surface area contributed by atoms with Crippen molar-refractivity contribution in [2.45, 2.75) is 29.7 Å². The molecule has 7 nitrogen and oxygen atoms in total. The fraction of sp³-hybridized carbons (Fsp3) is 0.207. The summed E-state index contributed by atoms with van der Waals surface area (Å²) in [5, 5.41) is 0.975. The summed E-state index contributed by atoms with van der Waals surface area (Å²) < 4.78 is 43.5. The van der Waals surface area contributed by atoms with E-state index in [1.54, 1.807) is 31.4 Å². The Kier molecular flexibility index (Phi) is 8.71. The lowest BCUT2D eigenvalue weighted by Gasteiger charge is -2.24. The molecule has 4 rings (SSSR count). The fourth-order valence-corrected chi connectivity index (χ4v) is 6.11. The molecule has 0 radical (unpaired) electrons. The van der Waals surface area contributed by atoms with E-state index in [1.807, 2.05) is 49.4 Å². The van der Waals surface area contributed by atoms with Gasteiger partial charge in [0.2, 0.25) is 11.5 Å². The van der Waals surface area contributed by atoms with Gasteiger partial charge in [-0.15, -0.1) is 0 Å². The number of fused-ring (bicyclic) bond motifs is 1. The molecule has 0 aliphatic heterocycles. The second-order valence-electron chi connectivity index (χ2n) is 8.23. The van der Waals surface area contributed by atoms with E-state index >= 15 is 0 Å². The molecule has 0 spiro atoms. The number of esters is 1. The van der Waals surface area contributed by atoms with Crippen molar-refractivity contribution in [2.24, 2.45) is 0 Å². The number of hydrogen-bond donors (Lipinski definition) is 0. The van der Waals surface area contributed by atoms with Crippen molar-refractivity contribution >= 4 is 43.8 Å². The molecule has 4 aromatic carbocycles. The van der Waals surface area contributed by atoms with Crippen LogP contribution in [0.15, 0.2) is 81.0 Å². The van der Waals surface area contributed by atoms with Crippen molar-refractivity contribution in [3.63, 3.8) is 0 Å². The van der Waals surface area contributed by atoms with Crippen molar-refractivity contribution in [3.05, 3.63) is 76.8 Å². The maximum atomic E-state index is 14.0. The summed E-state index contributed by atoms with van der Waals surface area (Å²) in [6, 6.07) is 20.1. The van der Waals surface area contributed by atoms with Crippen LogP contribution < -0.4 is 23.7 Å². The normalized spacial score (nSPS) is 12.5. The van der Waals surface area contributed by atoms with Crippen LogP contribution in [0.3, 0.4) is 0 Å². The molecule has 2 atom stereocenters. The molecule has 0 bridgehead atoms. The Morgan fingerprint density at radius 3 is 2.05 bits per heavy atom. The Morgan fingerprint density at radius 1 is 0.816 bits per heavy atom. The third kappa shape index (κ3) is 5.41. The largest absolute Gasteiger partial charge is 0.606 e. The van der Waals surface area contributed by atoms with Gasteiger partial charge in [-0.3, -0.25) is 4.79 Å². The number of carbonyl (C=O) groups is 1. The molecule has 0 fully saturated rings. The van der Waals surface area contributed by atoms with Gasteiger partial charge in [0.1, 0.15) is 11.9 Å². The number of benzene rings is 4. The number of halogens is 1. The lowest BCUT2D eigenvalue weighted by Crippen LogP contribution is -2.11. The Hall–Kier alpha value is -3.40. The van der Waals surface area contributed by atoms with Crippen molar-refractivity contribution in [3.8, 4) is 28.7 Å². The summed E-state index contributed by atoms with van der Waals surface area (Å²) >= 11 is 1.88. The minimum absolute atomic E-state index is 0.155. The molecule has 4 aromatic rings. The molecule has 38 heavy (non-hydrogen) atoms. The molecule has 2 unspecified atom stereocenters. The first-order valence-corrected chi connectivity index (χ1v) is 13.6. The zero-order valence-electron chi connectivity index (χ0n) is 21.6. The van der Waals surface area contributed by atoms with Gasteiger partial charge in [0.25, 0.3) is 0 Å². The van der Waals surface area contributed by atoms with E-state index < -0.39 is 23.2 Å². The molecule has 0 aliphatic carbocycles. The van der Waals surface area contributed by atoms with Crippen LogP contribution in [0.1, 0.15) is 25.5 Å². The van der Waals surface area contributed by atoms with Gasteiger partial charge in [0.15, 0.2) is 21.3 Å². The molecular formula is C29H27BrO7S. The first-order chi connectivity index (χ1) is 18.3. The first kappa shape index (κ1) is 27.6. The van der Waals surface area contributed by atoms with Crippen molar-refractivity contribution in [1.82, 2.24) is 0 Å². The van der Waals surface area contributed by atoms with E-state index in [4.69, 9.17) is 23.7 Å². The zero-order valence-corrected chi connectivity index (χ0v) is 24.0. The molecule has 198 valence electrons. The molecule has 0 aliphatic rings. The number of rotatable bonds is 9. The predicted molar refractivity (Wildman–Crippen MR) is 149 cm³/mol. The van der Waals surface area contributed by atoms with Gasteiger partial charge in [0.05, 0.1) is 31.2 Å². The van der Waals surface area contributed by atoms with Gasteiger partial charge in [-0.05, 0) is 64.8 Å². The van der Waals surface area contributed by atoms with Crippen molar-refractivity contribution in [1.29, 1.82) is 0 Å². The van der Waals surface area contributed by atoms with E-state index in [1.165, 1.54) is 21.1 Å². The summed E-state index contributed by atoms with van der Waals surface area (Å²) in [5.74, 6) is 1.06. The van der Waals surface area contributed by atoms with Crippen LogP contribution in [0, 0.1) is 0 Å². The molecule has 0 saturated heterocycles. The Bertz CT molecular complexity index is 1460. The predicted octanol–water partition coefficient (Wildman–Crippen LogP) is 6.86. The van der Waals surface area contributed by atoms with Crippen LogP contribution in [0.4, 0.5) is 0 Å². The summed E-state index contributed by atoms with van der Waals surface area (Å²) in [6.07, 6.45) is -0.438. The zero-order chi connectivity index (χ0) is 27.4. The van der Waals surface area contributed by atoms with Gasteiger partial charge in [-0.25, -0.2) is 0 Å². The lowest BCUT2D eigenvalue weighted by molar-refractivity contribution is -0.131. The minimum Gasteiger partial charge on any atom is -0.606 e. The third-order valence-corrected chi connectivity index (χ3v) is 8.34. The lowest BCUT2D eigenvalue weighted by atomic mass is 10.1. The molecule has 0 heterocycles. The van der Waals surface area contributed by atoms with Crippen LogP contribution in [-0.2, 0) is 16.0 Å². The van der Waals surface area contributed by atoms with Gasteiger partial charge >= 0.3 is 5.97 Å². The van der Waals surface area contributed by atoms with Crippen LogP contribution >= 0.6 is 15.9 Å². The molecule has 9 heteroatoms. The average molecular weight is 599 g/mol. The number of methoxy groups -OCH3 is 3. The van der Waals surface area contributed by atoms with Crippen LogP contribution in [0.25, 0.3) is 10.8 Å². The number of hydrogen-bond acceptors (Lipinski definition) is 7. The maximum absolute atomic E-state index is 14.0. The van der Waals surface area contributed by atoms with E-state index in [-0.39, 0.29) is 17.2 Å². The highest BCUT2D eigenvalue weighted by Crippen LogP contribution is 2.54. The maximum Gasteiger partial charge on any atom is 0.308 e. The third-order valence-electron chi connectivity index (χ3n) is 5.89. The van der Waals surface area contributed by atoms with Gasteiger partial charge in [0, 0.05) is 23.5 Å². The number of ether oxygens (including phenoxy) is 5. The first-order valence-electron chi connectivity index (χ1n) is 11.7. The van der Waals surface area contributed by atoms with Crippen molar-refractivity contribution in [2.75, 3.05) is 21.3 Å².